The maximum atomic E-state index is 12.5. The Balaban J connectivity index is 2.30. The van der Waals surface area contributed by atoms with Crippen LogP contribution in [-0.2, 0) is 4.79 Å². The average Bonchev–Trinajstić information content (AvgIpc) is 2.93. The molecule has 0 bridgehead atoms. The quantitative estimate of drug-likeness (QED) is 0.925. The second kappa shape index (κ2) is 5.50. The van der Waals surface area contributed by atoms with Crippen LogP contribution < -0.4 is 0 Å². The van der Waals surface area contributed by atoms with Crippen molar-refractivity contribution in [2.45, 2.75) is 32.2 Å². The van der Waals surface area contributed by atoms with E-state index in [2.05, 4.69) is 4.98 Å². The summed E-state index contributed by atoms with van der Waals surface area (Å²) < 4.78 is 0. The standard InChI is InChI=1S/C12H16N2O3S2/c1-6(2)11-14(9(5-19-11)12(16)17)10(15)8-4-18-7(3)13-8/h4,6,9,11H,5H2,1-3H3,(H,16,17). The largest absolute Gasteiger partial charge is 0.480 e. The van der Waals surface area contributed by atoms with E-state index in [0.29, 0.717) is 11.4 Å². The number of thiazole rings is 1. The average molecular weight is 300 g/mol. The van der Waals surface area contributed by atoms with Gasteiger partial charge in [-0.15, -0.1) is 23.1 Å². The van der Waals surface area contributed by atoms with Gasteiger partial charge in [-0.3, -0.25) is 4.79 Å². The van der Waals surface area contributed by atoms with E-state index < -0.39 is 12.0 Å². The first-order valence-corrected chi connectivity index (χ1v) is 7.94. The highest BCUT2D eigenvalue weighted by Crippen LogP contribution is 2.35. The predicted octanol–water partition coefficient (Wildman–Crippen LogP) is 2.08. The Bertz CT molecular complexity index is 501. The van der Waals surface area contributed by atoms with Gasteiger partial charge < -0.3 is 10.0 Å². The summed E-state index contributed by atoms with van der Waals surface area (Å²) in [7, 11) is 0. The van der Waals surface area contributed by atoms with E-state index in [1.165, 1.54) is 28.0 Å². The van der Waals surface area contributed by atoms with Crippen LogP contribution in [0, 0.1) is 12.8 Å². The summed E-state index contributed by atoms with van der Waals surface area (Å²) in [5, 5.41) is 11.7. The number of amides is 1. The topological polar surface area (TPSA) is 70.5 Å². The fraction of sp³-hybridized carbons (Fsp3) is 0.583. The number of aliphatic carboxylic acids is 1. The first kappa shape index (κ1) is 14.3. The van der Waals surface area contributed by atoms with Gasteiger partial charge in [0.2, 0.25) is 0 Å². The molecule has 0 aromatic carbocycles. The molecule has 104 valence electrons. The molecule has 19 heavy (non-hydrogen) atoms. The van der Waals surface area contributed by atoms with Crippen molar-refractivity contribution in [2.75, 3.05) is 5.75 Å². The van der Waals surface area contributed by atoms with E-state index in [9.17, 15) is 14.7 Å². The predicted molar refractivity (Wildman–Crippen MR) is 75.5 cm³/mol. The van der Waals surface area contributed by atoms with Gasteiger partial charge in [0.1, 0.15) is 11.7 Å². The Labute approximate surface area is 120 Å². The highest BCUT2D eigenvalue weighted by molar-refractivity contribution is 8.00. The highest BCUT2D eigenvalue weighted by Gasteiger charge is 2.43. The van der Waals surface area contributed by atoms with E-state index in [1.807, 2.05) is 20.8 Å². The lowest BCUT2D eigenvalue weighted by Gasteiger charge is -2.29. The number of hydrogen-bond donors (Lipinski definition) is 1. The van der Waals surface area contributed by atoms with E-state index in [4.69, 9.17) is 0 Å². The maximum Gasteiger partial charge on any atom is 0.327 e. The number of carbonyl (C=O) groups is 2. The van der Waals surface area contributed by atoms with Gasteiger partial charge in [0.15, 0.2) is 0 Å². The van der Waals surface area contributed by atoms with Crippen LogP contribution in [0.5, 0.6) is 0 Å². The Morgan fingerprint density at radius 2 is 2.21 bits per heavy atom. The number of carboxylic acid groups (broad SMARTS) is 1. The van der Waals surface area contributed by atoms with Crippen LogP contribution in [-0.4, -0.2) is 44.0 Å². The maximum absolute atomic E-state index is 12.5. The lowest BCUT2D eigenvalue weighted by Crippen LogP contribution is -2.47. The van der Waals surface area contributed by atoms with Gasteiger partial charge in [-0.1, -0.05) is 13.8 Å². The third kappa shape index (κ3) is 2.76. The highest BCUT2D eigenvalue weighted by atomic mass is 32.2. The monoisotopic (exact) mass is 300 g/mol. The molecule has 0 spiro atoms. The van der Waals surface area contributed by atoms with Gasteiger partial charge >= 0.3 is 5.97 Å². The number of aromatic nitrogens is 1. The lowest BCUT2D eigenvalue weighted by molar-refractivity contribution is -0.141. The van der Waals surface area contributed by atoms with Gasteiger partial charge in [0.05, 0.1) is 10.4 Å². The molecule has 1 aromatic heterocycles. The fourth-order valence-corrected chi connectivity index (χ4v) is 4.14. The number of aryl methyl sites for hydroxylation is 1. The Morgan fingerprint density at radius 3 is 2.68 bits per heavy atom. The first-order valence-electron chi connectivity index (χ1n) is 6.01. The molecule has 2 heterocycles. The number of rotatable bonds is 3. The van der Waals surface area contributed by atoms with Gasteiger partial charge in [0, 0.05) is 11.1 Å². The van der Waals surface area contributed by atoms with Gasteiger partial charge in [-0.25, -0.2) is 9.78 Å². The van der Waals surface area contributed by atoms with Gasteiger partial charge in [-0.05, 0) is 12.8 Å². The van der Waals surface area contributed by atoms with Crippen molar-refractivity contribution in [1.82, 2.24) is 9.88 Å². The number of nitrogens with zero attached hydrogens (tertiary/aromatic N) is 2. The fourth-order valence-electron chi connectivity index (χ4n) is 2.08. The summed E-state index contributed by atoms with van der Waals surface area (Å²) in [5.74, 6) is -0.582. The summed E-state index contributed by atoms with van der Waals surface area (Å²) in [5.41, 5.74) is 0.349. The van der Waals surface area contributed by atoms with E-state index in [1.54, 1.807) is 5.38 Å². The molecule has 1 amide bonds. The van der Waals surface area contributed by atoms with Crippen LogP contribution in [0.2, 0.25) is 0 Å². The second-order valence-electron chi connectivity index (χ2n) is 4.79. The Kier molecular flexibility index (Phi) is 4.15. The molecule has 1 aliphatic heterocycles. The van der Waals surface area contributed by atoms with Crippen molar-refractivity contribution in [3.8, 4) is 0 Å². The molecule has 1 aliphatic rings. The van der Waals surface area contributed by atoms with Gasteiger partial charge in [0.25, 0.3) is 5.91 Å². The molecule has 2 rings (SSSR count). The van der Waals surface area contributed by atoms with Crippen molar-refractivity contribution >= 4 is 35.0 Å². The number of thioether (sulfide) groups is 1. The molecular formula is C12H16N2O3S2. The molecule has 1 fully saturated rings. The normalized spacial score (nSPS) is 23.1. The minimum Gasteiger partial charge on any atom is -0.480 e. The molecule has 1 N–H and O–H groups in total. The summed E-state index contributed by atoms with van der Waals surface area (Å²) in [6.45, 7) is 5.82. The van der Waals surface area contributed by atoms with Crippen LogP contribution >= 0.6 is 23.1 Å². The molecular weight excluding hydrogens is 284 g/mol. The minimum atomic E-state index is -0.948. The molecule has 1 saturated heterocycles. The molecule has 7 heteroatoms. The molecule has 0 aliphatic carbocycles. The Hall–Kier alpha value is -1.08. The van der Waals surface area contributed by atoms with Crippen molar-refractivity contribution in [3.05, 3.63) is 16.1 Å². The third-order valence-corrected chi connectivity index (χ3v) is 5.36. The molecule has 2 unspecified atom stereocenters. The van der Waals surface area contributed by atoms with Crippen LogP contribution in [0.15, 0.2) is 5.38 Å². The smallest absolute Gasteiger partial charge is 0.327 e. The summed E-state index contributed by atoms with van der Waals surface area (Å²) >= 11 is 2.92. The van der Waals surface area contributed by atoms with Crippen LogP contribution in [0.25, 0.3) is 0 Å². The van der Waals surface area contributed by atoms with Crippen molar-refractivity contribution < 1.29 is 14.7 Å². The van der Waals surface area contributed by atoms with Crippen LogP contribution in [0.4, 0.5) is 0 Å². The summed E-state index contributed by atoms with van der Waals surface area (Å²) in [6, 6.07) is -0.757. The first-order chi connectivity index (χ1) is 8.91. The van der Waals surface area contributed by atoms with Crippen LogP contribution in [0.1, 0.15) is 29.3 Å². The van der Waals surface area contributed by atoms with Crippen molar-refractivity contribution in [3.63, 3.8) is 0 Å². The Morgan fingerprint density at radius 1 is 1.53 bits per heavy atom. The zero-order valence-corrected chi connectivity index (χ0v) is 12.6. The van der Waals surface area contributed by atoms with E-state index in [0.717, 1.165) is 5.01 Å². The third-order valence-electron chi connectivity index (χ3n) is 2.96. The van der Waals surface area contributed by atoms with Crippen LogP contribution in [0.3, 0.4) is 0 Å². The van der Waals surface area contributed by atoms with Crippen molar-refractivity contribution in [2.24, 2.45) is 5.92 Å². The SMILES string of the molecule is Cc1nc(C(=O)N2C(C(=O)O)CSC2C(C)C)cs1. The molecule has 2 atom stereocenters. The van der Waals surface area contributed by atoms with Crippen molar-refractivity contribution in [1.29, 1.82) is 0 Å². The second-order valence-corrected chi connectivity index (χ2v) is 7.00. The number of carbonyl (C=O) groups excluding carboxylic acids is 1. The lowest BCUT2D eigenvalue weighted by atomic mass is 10.1. The minimum absolute atomic E-state index is 0.101. The molecule has 5 nitrogen and oxygen atoms in total. The molecule has 1 aromatic rings. The van der Waals surface area contributed by atoms with Gasteiger partial charge in [-0.2, -0.15) is 0 Å². The zero-order valence-electron chi connectivity index (χ0n) is 11.0. The number of hydrogen-bond acceptors (Lipinski definition) is 5. The zero-order chi connectivity index (χ0) is 14.2. The molecule has 0 radical (unpaired) electrons. The van der Waals surface area contributed by atoms with E-state index in [-0.39, 0.29) is 17.2 Å². The summed E-state index contributed by atoms with van der Waals surface area (Å²) in [6.07, 6.45) is 0. The van der Waals surface area contributed by atoms with E-state index >= 15 is 0 Å². The molecule has 0 saturated carbocycles. The summed E-state index contributed by atoms with van der Waals surface area (Å²) in [4.78, 5) is 29.4. The number of carboxylic acids is 1.